The Morgan fingerprint density at radius 3 is 2.21 bits per heavy atom. The van der Waals surface area contributed by atoms with Gasteiger partial charge in [-0.3, -0.25) is 0 Å². The summed E-state index contributed by atoms with van der Waals surface area (Å²) >= 11 is 0. The first kappa shape index (κ1) is 12.4. The Bertz CT molecular complexity index is 218. The number of hydrogen-bond acceptors (Lipinski definition) is 4. The summed E-state index contributed by atoms with van der Waals surface area (Å²) in [7, 11) is 0. The third-order valence-corrected chi connectivity index (χ3v) is 1.16. The van der Waals surface area contributed by atoms with Crippen molar-refractivity contribution in [3.05, 3.63) is 12.2 Å². The van der Waals surface area contributed by atoms with Crippen molar-refractivity contribution in [1.29, 1.82) is 0 Å². The number of carboxylic acid groups (broad SMARTS) is 2. The molecule has 6 heteroatoms. The Morgan fingerprint density at radius 1 is 1.57 bits per heavy atom. The number of rotatable bonds is 3. The van der Waals surface area contributed by atoms with Gasteiger partial charge in [-0.15, -0.1) is 0 Å². The van der Waals surface area contributed by atoms with Gasteiger partial charge in [0.05, 0.1) is 6.61 Å². The molecule has 80 valence electrons. The molecule has 0 saturated carbocycles. The Labute approximate surface area is 80.7 Å². The lowest BCUT2D eigenvalue weighted by Gasteiger charge is -1.91. The van der Waals surface area contributed by atoms with Gasteiger partial charge in [0, 0.05) is 5.57 Å². The molecule has 0 aliphatic carbocycles. The molecule has 1 saturated heterocycles. The molecule has 6 nitrogen and oxygen atoms in total. The average molecular weight is 204 g/mol. The van der Waals surface area contributed by atoms with Crippen LogP contribution in [0.3, 0.4) is 0 Å². The first-order valence-electron chi connectivity index (χ1n) is 3.79. The molecule has 0 aromatic rings. The Morgan fingerprint density at radius 2 is 2.00 bits per heavy atom. The van der Waals surface area contributed by atoms with Gasteiger partial charge in [-0.1, -0.05) is 6.58 Å². The zero-order valence-electron chi connectivity index (χ0n) is 7.73. The molecule has 0 aromatic heterocycles. The summed E-state index contributed by atoms with van der Waals surface area (Å²) in [4.78, 5) is 19.3. The minimum atomic E-state index is -1.24. The van der Waals surface area contributed by atoms with Gasteiger partial charge in [0.25, 0.3) is 0 Å². The van der Waals surface area contributed by atoms with Crippen molar-refractivity contribution in [2.24, 2.45) is 0 Å². The van der Waals surface area contributed by atoms with Gasteiger partial charge in [0.2, 0.25) is 0 Å². The molecule has 2 N–H and O–H groups in total. The summed E-state index contributed by atoms with van der Waals surface area (Å²) in [5, 5.41) is 15.8. The minimum Gasteiger partial charge on any atom is -0.478 e. The Hall–Kier alpha value is -1.56. The number of carboxylic acids is 1. The second-order valence-corrected chi connectivity index (χ2v) is 2.62. The van der Waals surface area contributed by atoms with Crippen LogP contribution in [0.5, 0.6) is 0 Å². The van der Waals surface area contributed by atoms with Gasteiger partial charge in [-0.05, 0) is 6.92 Å². The van der Waals surface area contributed by atoms with E-state index in [-0.39, 0.29) is 18.3 Å². The van der Waals surface area contributed by atoms with Crippen molar-refractivity contribution in [2.45, 2.75) is 13.0 Å². The van der Waals surface area contributed by atoms with Crippen LogP contribution in [0.4, 0.5) is 4.79 Å². The molecule has 1 atom stereocenters. The molecule has 1 rings (SSSR count). The summed E-state index contributed by atoms with van der Waals surface area (Å²) in [6.07, 6.45) is -1.20. The number of carbonyl (C=O) groups is 2. The predicted octanol–water partition coefficient (Wildman–Crippen LogP) is 0.727. The number of hydrogen-bond donors (Lipinski definition) is 2. The number of ether oxygens (including phenoxy) is 2. The third kappa shape index (κ3) is 8.54. The molecule has 1 unspecified atom stereocenters. The lowest BCUT2D eigenvalue weighted by Crippen LogP contribution is -2.06. The molecule has 0 amide bonds. The summed E-state index contributed by atoms with van der Waals surface area (Å²) < 4.78 is 8.83. The first-order valence-corrected chi connectivity index (χ1v) is 3.79. The molecular formula is C8H12O6. The second-order valence-electron chi connectivity index (χ2n) is 2.62. The van der Waals surface area contributed by atoms with E-state index in [1.165, 1.54) is 6.92 Å². The van der Waals surface area contributed by atoms with Crippen LogP contribution < -0.4 is 0 Å². The average Bonchev–Trinajstić information content (AvgIpc) is 2.84. The van der Waals surface area contributed by atoms with E-state index < -0.39 is 12.1 Å². The SMILES string of the molecule is C=C(C)C(=O)O.O=C(O)OCC1CO1. The fraction of sp³-hybridized carbons (Fsp3) is 0.500. The van der Waals surface area contributed by atoms with Crippen LogP contribution >= 0.6 is 0 Å². The number of epoxide rings is 1. The van der Waals surface area contributed by atoms with Gasteiger partial charge in [0.1, 0.15) is 12.7 Å². The highest BCUT2D eigenvalue weighted by Crippen LogP contribution is 2.07. The summed E-state index contributed by atoms with van der Waals surface area (Å²) in [6.45, 7) is 5.41. The zero-order valence-corrected chi connectivity index (χ0v) is 7.73. The second kappa shape index (κ2) is 5.98. The highest BCUT2D eigenvalue weighted by molar-refractivity contribution is 5.84. The first-order chi connectivity index (χ1) is 6.43. The maximum Gasteiger partial charge on any atom is 0.505 e. The fourth-order valence-corrected chi connectivity index (χ4v) is 0.329. The van der Waals surface area contributed by atoms with Crippen molar-refractivity contribution in [3.63, 3.8) is 0 Å². The predicted molar refractivity (Wildman–Crippen MR) is 46.2 cm³/mol. The van der Waals surface area contributed by atoms with E-state index in [2.05, 4.69) is 16.1 Å². The Balaban J connectivity index is 0.000000255. The van der Waals surface area contributed by atoms with Gasteiger partial charge >= 0.3 is 12.1 Å². The smallest absolute Gasteiger partial charge is 0.478 e. The van der Waals surface area contributed by atoms with E-state index in [1.54, 1.807) is 0 Å². The van der Waals surface area contributed by atoms with E-state index >= 15 is 0 Å². The largest absolute Gasteiger partial charge is 0.505 e. The van der Waals surface area contributed by atoms with E-state index in [0.717, 1.165) is 0 Å². The molecule has 1 heterocycles. The molecule has 1 aliphatic heterocycles. The van der Waals surface area contributed by atoms with Gasteiger partial charge < -0.3 is 19.7 Å². The molecule has 1 aliphatic rings. The molecule has 0 spiro atoms. The van der Waals surface area contributed by atoms with E-state index in [9.17, 15) is 9.59 Å². The van der Waals surface area contributed by atoms with Crippen LogP contribution in [-0.2, 0) is 14.3 Å². The van der Waals surface area contributed by atoms with Crippen LogP contribution in [0.25, 0.3) is 0 Å². The van der Waals surface area contributed by atoms with E-state index in [4.69, 9.17) is 10.2 Å². The maximum absolute atomic E-state index is 9.65. The van der Waals surface area contributed by atoms with Crippen molar-refractivity contribution >= 4 is 12.1 Å². The summed E-state index contributed by atoms with van der Waals surface area (Å²) in [5.74, 6) is -0.935. The van der Waals surface area contributed by atoms with Crippen LogP contribution in [-0.4, -0.2) is 41.7 Å². The molecule has 1 fully saturated rings. The molecule has 0 aromatic carbocycles. The quantitative estimate of drug-likeness (QED) is 0.399. The topological polar surface area (TPSA) is 96.4 Å². The maximum atomic E-state index is 9.65. The van der Waals surface area contributed by atoms with Crippen LogP contribution in [0.2, 0.25) is 0 Å². The van der Waals surface area contributed by atoms with Crippen LogP contribution in [0.1, 0.15) is 6.92 Å². The Kier molecular flexibility index (Phi) is 5.31. The molecule has 14 heavy (non-hydrogen) atoms. The monoisotopic (exact) mass is 204 g/mol. The van der Waals surface area contributed by atoms with Gasteiger partial charge in [0.15, 0.2) is 0 Å². The lowest BCUT2D eigenvalue weighted by atomic mass is 10.4. The third-order valence-electron chi connectivity index (χ3n) is 1.16. The van der Waals surface area contributed by atoms with E-state index in [0.29, 0.717) is 6.61 Å². The standard InChI is InChI=1S/C4H6O4.C4H6O2/c5-4(6)8-2-3-1-7-3;1-3(2)4(5)6/h3H,1-2H2,(H,5,6);1H2,2H3,(H,5,6). The lowest BCUT2D eigenvalue weighted by molar-refractivity contribution is -0.132. The van der Waals surface area contributed by atoms with Crippen LogP contribution in [0, 0.1) is 0 Å². The molecule has 0 radical (unpaired) electrons. The molecular weight excluding hydrogens is 192 g/mol. The number of aliphatic carboxylic acids is 1. The highest BCUT2D eigenvalue weighted by Gasteiger charge is 2.23. The van der Waals surface area contributed by atoms with Gasteiger partial charge in [-0.25, -0.2) is 9.59 Å². The normalized spacial score (nSPS) is 17.4. The van der Waals surface area contributed by atoms with Crippen LogP contribution in [0.15, 0.2) is 12.2 Å². The van der Waals surface area contributed by atoms with Crippen molar-refractivity contribution in [1.82, 2.24) is 0 Å². The minimum absolute atomic E-state index is 0.0334. The molecule has 0 bridgehead atoms. The fourth-order valence-electron chi connectivity index (χ4n) is 0.329. The van der Waals surface area contributed by atoms with E-state index in [1.807, 2.05) is 0 Å². The summed E-state index contributed by atoms with van der Waals surface area (Å²) in [5.41, 5.74) is 0.176. The summed E-state index contributed by atoms with van der Waals surface area (Å²) in [6, 6.07) is 0. The van der Waals surface area contributed by atoms with Crippen molar-refractivity contribution < 1.29 is 29.3 Å². The zero-order chi connectivity index (χ0) is 11.1. The highest BCUT2D eigenvalue weighted by atomic mass is 16.7. The van der Waals surface area contributed by atoms with Crippen molar-refractivity contribution in [3.8, 4) is 0 Å². The van der Waals surface area contributed by atoms with Gasteiger partial charge in [-0.2, -0.15) is 0 Å². The van der Waals surface area contributed by atoms with Crippen molar-refractivity contribution in [2.75, 3.05) is 13.2 Å².